The highest BCUT2D eigenvalue weighted by Gasteiger charge is 1.98. The highest BCUT2D eigenvalue weighted by atomic mass is 79.9. The second-order valence-electron chi connectivity index (χ2n) is 3.15. The molecule has 0 radical (unpaired) electrons. The lowest BCUT2D eigenvalue weighted by molar-refractivity contribution is 0.926. The average molecular weight is 227 g/mol. The molecule has 0 unspecified atom stereocenters. The summed E-state index contributed by atoms with van der Waals surface area (Å²) in [7, 11) is 0. The summed E-state index contributed by atoms with van der Waals surface area (Å²) in [5, 5.41) is 1.10. The zero-order valence-electron chi connectivity index (χ0n) is 7.73. The third-order valence-electron chi connectivity index (χ3n) is 2.30. The van der Waals surface area contributed by atoms with E-state index in [9.17, 15) is 0 Å². The van der Waals surface area contributed by atoms with E-state index in [-0.39, 0.29) is 0 Å². The van der Waals surface area contributed by atoms with Crippen molar-refractivity contribution in [1.82, 2.24) is 0 Å². The van der Waals surface area contributed by atoms with E-state index in [0.29, 0.717) is 0 Å². The van der Waals surface area contributed by atoms with Crippen LogP contribution >= 0.6 is 15.9 Å². The fraction of sp³-hybridized carbons (Fsp3) is 0.455. The van der Waals surface area contributed by atoms with E-state index in [1.165, 1.54) is 29.5 Å². The molecule has 0 saturated heterocycles. The third-order valence-corrected chi connectivity index (χ3v) is 2.86. The maximum atomic E-state index is 3.45. The summed E-state index contributed by atoms with van der Waals surface area (Å²) in [6.07, 6.45) is 2.42. The molecule has 0 N–H and O–H groups in total. The van der Waals surface area contributed by atoms with Crippen molar-refractivity contribution in [3.63, 3.8) is 0 Å². The van der Waals surface area contributed by atoms with E-state index in [4.69, 9.17) is 0 Å². The number of alkyl halides is 1. The van der Waals surface area contributed by atoms with Gasteiger partial charge in [-0.25, -0.2) is 0 Å². The van der Waals surface area contributed by atoms with Gasteiger partial charge in [0.05, 0.1) is 0 Å². The van der Waals surface area contributed by atoms with Crippen LogP contribution < -0.4 is 0 Å². The Hall–Kier alpha value is -0.300. The molecule has 0 bridgehead atoms. The summed E-state index contributed by atoms with van der Waals surface area (Å²) in [5.74, 6) is 0. The van der Waals surface area contributed by atoms with Gasteiger partial charge < -0.3 is 0 Å². The van der Waals surface area contributed by atoms with E-state index < -0.39 is 0 Å². The summed E-state index contributed by atoms with van der Waals surface area (Å²) in [5.41, 5.74) is 4.36. The Morgan fingerprint density at radius 2 is 2.00 bits per heavy atom. The highest BCUT2D eigenvalue weighted by Crippen LogP contribution is 2.14. The van der Waals surface area contributed by atoms with Gasteiger partial charge in [0.25, 0.3) is 0 Å². The van der Waals surface area contributed by atoms with Gasteiger partial charge >= 0.3 is 0 Å². The Labute approximate surface area is 83.1 Å². The quantitative estimate of drug-likeness (QED) is 0.691. The van der Waals surface area contributed by atoms with Crippen molar-refractivity contribution in [3.8, 4) is 0 Å². The summed E-state index contributed by atoms with van der Waals surface area (Å²) in [6, 6.07) is 6.55. The first-order valence-electron chi connectivity index (χ1n) is 4.36. The standard InChI is InChI=1S/C11H15Br/c1-9-5-3-6-11(10(9)2)7-4-8-12/h3,5-6H,4,7-8H2,1-2H3. The number of rotatable bonds is 3. The van der Waals surface area contributed by atoms with Gasteiger partial charge in [0.1, 0.15) is 0 Å². The first kappa shape index (κ1) is 9.79. The molecule has 0 amide bonds. The lowest BCUT2D eigenvalue weighted by atomic mass is 10.0. The molecule has 1 rings (SSSR count). The summed E-state index contributed by atoms with van der Waals surface area (Å²) in [6.45, 7) is 4.38. The lowest BCUT2D eigenvalue weighted by Crippen LogP contribution is -1.92. The molecular weight excluding hydrogens is 212 g/mol. The van der Waals surface area contributed by atoms with Gasteiger partial charge in [-0.15, -0.1) is 0 Å². The number of hydrogen-bond acceptors (Lipinski definition) is 0. The van der Waals surface area contributed by atoms with Crippen LogP contribution in [0.4, 0.5) is 0 Å². The minimum atomic E-state index is 1.10. The molecule has 0 aliphatic heterocycles. The largest absolute Gasteiger partial charge is 0.0928 e. The van der Waals surface area contributed by atoms with Crippen LogP contribution in [0.15, 0.2) is 18.2 Å². The summed E-state index contributed by atoms with van der Waals surface area (Å²) in [4.78, 5) is 0. The molecule has 0 aliphatic carbocycles. The van der Waals surface area contributed by atoms with Crippen molar-refractivity contribution >= 4 is 15.9 Å². The van der Waals surface area contributed by atoms with E-state index in [1.54, 1.807) is 0 Å². The second-order valence-corrected chi connectivity index (χ2v) is 3.94. The van der Waals surface area contributed by atoms with Gasteiger partial charge in [0, 0.05) is 5.33 Å². The van der Waals surface area contributed by atoms with Crippen molar-refractivity contribution in [2.75, 3.05) is 5.33 Å². The second kappa shape index (κ2) is 4.66. The molecule has 1 aromatic carbocycles. The molecule has 0 fully saturated rings. The van der Waals surface area contributed by atoms with Crippen molar-refractivity contribution in [2.45, 2.75) is 26.7 Å². The molecular formula is C11H15Br. The predicted octanol–water partition coefficient (Wildman–Crippen LogP) is 3.63. The zero-order chi connectivity index (χ0) is 8.97. The molecule has 0 saturated carbocycles. The van der Waals surface area contributed by atoms with E-state index in [0.717, 1.165) is 5.33 Å². The molecule has 0 aromatic heterocycles. The van der Waals surface area contributed by atoms with Crippen molar-refractivity contribution in [2.24, 2.45) is 0 Å². The van der Waals surface area contributed by atoms with Gasteiger partial charge in [-0.3, -0.25) is 0 Å². The van der Waals surface area contributed by atoms with Gasteiger partial charge in [-0.05, 0) is 43.4 Å². The molecule has 0 spiro atoms. The van der Waals surface area contributed by atoms with Crippen LogP contribution in [0.1, 0.15) is 23.1 Å². The van der Waals surface area contributed by atoms with Crippen LogP contribution in [0.25, 0.3) is 0 Å². The number of benzene rings is 1. The van der Waals surface area contributed by atoms with Gasteiger partial charge in [0.15, 0.2) is 0 Å². The molecule has 0 aliphatic rings. The SMILES string of the molecule is Cc1cccc(CCCBr)c1C. The van der Waals surface area contributed by atoms with Crippen molar-refractivity contribution < 1.29 is 0 Å². The maximum absolute atomic E-state index is 3.45. The van der Waals surface area contributed by atoms with Crippen LogP contribution in [0.5, 0.6) is 0 Å². The smallest absolute Gasteiger partial charge is 0.00344 e. The Balaban J connectivity index is 2.78. The summed E-state index contributed by atoms with van der Waals surface area (Å²) >= 11 is 3.45. The van der Waals surface area contributed by atoms with Crippen LogP contribution in [0.2, 0.25) is 0 Å². The van der Waals surface area contributed by atoms with Crippen LogP contribution in [0.3, 0.4) is 0 Å². The van der Waals surface area contributed by atoms with Crippen LogP contribution in [0, 0.1) is 13.8 Å². The monoisotopic (exact) mass is 226 g/mol. The minimum Gasteiger partial charge on any atom is -0.0928 e. The molecule has 1 aromatic rings. The zero-order valence-corrected chi connectivity index (χ0v) is 9.32. The Bertz CT molecular complexity index is 253. The lowest BCUT2D eigenvalue weighted by Gasteiger charge is -2.06. The van der Waals surface area contributed by atoms with Gasteiger partial charge in [-0.2, -0.15) is 0 Å². The van der Waals surface area contributed by atoms with Crippen molar-refractivity contribution in [3.05, 3.63) is 34.9 Å². The predicted molar refractivity (Wildman–Crippen MR) is 58.0 cm³/mol. The highest BCUT2D eigenvalue weighted by molar-refractivity contribution is 9.09. The molecule has 1 heteroatoms. The minimum absolute atomic E-state index is 1.10. The Morgan fingerprint density at radius 1 is 1.25 bits per heavy atom. The van der Waals surface area contributed by atoms with Crippen LogP contribution in [-0.2, 0) is 6.42 Å². The average Bonchev–Trinajstić information content (AvgIpc) is 2.08. The molecule has 0 atom stereocenters. The molecule has 0 nitrogen and oxygen atoms in total. The Morgan fingerprint density at radius 3 is 2.67 bits per heavy atom. The third kappa shape index (κ3) is 2.34. The first-order valence-corrected chi connectivity index (χ1v) is 5.49. The molecule has 12 heavy (non-hydrogen) atoms. The van der Waals surface area contributed by atoms with E-state index >= 15 is 0 Å². The fourth-order valence-corrected chi connectivity index (χ4v) is 1.62. The van der Waals surface area contributed by atoms with Gasteiger partial charge in [0.2, 0.25) is 0 Å². The van der Waals surface area contributed by atoms with E-state index in [1.807, 2.05) is 0 Å². The van der Waals surface area contributed by atoms with E-state index in [2.05, 4.69) is 48.0 Å². The topological polar surface area (TPSA) is 0 Å². The molecule has 66 valence electrons. The van der Waals surface area contributed by atoms with Crippen LogP contribution in [-0.4, -0.2) is 5.33 Å². The fourth-order valence-electron chi connectivity index (χ4n) is 1.34. The maximum Gasteiger partial charge on any atom is 0.00344 e. The molecule has 0 heterocycles. The first-order chi connectivity index (χ1) is 5.75. The van der Waals surface area contributed by atoms with Crippen molar-refractivity contribution in [1.29, 1.82) is 0 Å². The summed E-state index contributed by atoms with van der Waals surface area (Å²) < 4.78 is 0. The Kier molecular flexibility index (Phi) is 3.80. The van der Waals surface area contributed by atoms with Gasteiger partial charge in [-0.1, -0.05) is 34.1 Å². The normalized spacial score (nSPS) is 10.2. The number of hydrogen-bond donors (Lipinski definition) is 0. The number of halogens is 1. The number of aryl methyl sites for hydroxylation is 2.